The van der Waals surface area contributed by atoms with Crippen LogP contribution in [0, 0.1) is 11.7 Å². The van der Waals surface area contributed by atoms with Gasteiger partial charge in [-0.15, -0.1) is 0 Å². The molecule has 0 N–H and O–H groups in total. The summed E-state index contributed by atoms with van der Waals surface area (Å²) in [5.41, 5.74) is 0. The van der Waals surface area contributed by atoms with E-state index >= 15 is 0 Å². The Balaban J connectivity index is 1.30. The first-order chi connectivity index (χ1) is 10.8. The molecule has 0 aromatic heterocycles. The van der Waals surface area contributed by atoms with Crippen molar-refractivity contribution < 1.29 is 9.13 Å². The highest BCUT2D eigenvalue weighted by Crippen LogP contribution is 2.32. The van der Waals surface area contributed by atoms with Crippen LogP contribution in [0.25, 0.3) is 0 Å². The van der Waals surface area contributed by atoms with Gasteiger partial charge in [-0.05, 0) is 69.0 Å². The van der Waals surface area contributed by atoms with Gasteiger partial charge in [-0.25, -0.2) is 4.39 Å². The van der Waals surface area contributed by atoms with E-state index in [2.05, 4.69) is 9.80 Å². The standard InChI is InChI=1S/C18H25FN2O/c19-15-1-3-16(4-2-15)22-17-7-11-21(12-8-17)18-13-20-9-5-14(18)6-10-20/h1-4,14,17-18H,5-13H2/t18-/m0/s1. The van der Waals surface area contributed by atoms with Crippen molar-refractivity contribution >= 4 is 0 Å². The topological polar surface area (TPSA) is 15.7 Å². The van der Waals surface area contributed by atoms with Crippen LogP contribution in [0.2, 0.25) is 0 Å². The molecule has 4 aliphatic heterocycles. The number of hydrogen-bond donors (Lipinski definition) is 0. The maximum Gasteiger partial charge on any atom is 0.123 e. The van der Waals surface area contributed by atoms with E-state index in [1.807, 2.05) is 0 Å². The lowest BCUT2D eigenvalue weighted by Gasteiger charge is -2.50. The van der Waals surface area contributed by atoms with Gasteiger partial charge >= 0.3 is 0 Å². The van der Waals surface area contributed by atoms with Gasteiger partial charge < -0.3 is 9.64 Å². The fourth-order valence-electron chi connectivity index (χ4n) is 4.38. The number of piperidine rings is 4. The van der Waals surface area contributed by atoms with Gasteiger partial charge in [-0.1, -0.05) is 0 Å². The van der Waals surface area contributed by atoms with E-state index in [4.69, 9.17) is 4.74 Å². The molecule has 4 saturated heterocycles. The molecule has 1 atom stereocenters. The second kappa shape index (κ2) is 6.17. The van der Waals surface area contributed by atoms with Gasteiger partial charge in [0.1, 0.15) is 17.7 Å². The van der Waals surface area contributed by atoms with Crippen LogP contribution in [-0.4, -0.2) is 54.7 Å². The Kier molecular flexibility index (Phi) is 4.05. The van der Waals surface area contributed by atoms with Gasteiger partial charge in [-0.3, -0.25) is 4.90 Å². The van der Waals surface area contributed by atoms with E-state index in [1.54, 1.807) is 12.1 Å². The summed E-state index contributed by atoms with van der Waals surface area (Å²) in [7, 11) is 0. The Morgan fingerprint density at radius 3 is 2.18 bits per heavy atom. The van der Waals surface area contributed by atoms with E-state index < -0.39 is 0 Å². The number of halogens is 1. The molecule has 0 saturated carbocycles. The summed E-state index contributed by atoms with van der Waals surface area (Å²) in [6, 6.07) is 7.17. The zero-order valence-corrected chi connectivity index (χ0v) is 13.1. The second-order valence-electron chi connectivity index (χ2n) is 7.01. The van der Waals surface area contributed by atoms with Crippen molar-refractivity contribution in [2.75, 3.05) is 32.7 Å². The largest absolute Gasteiger partial charge is 0.490 e. The quantitative estimate of drug-likeness (QED) is 0.854. The number of hydrogen-bond acceptors (Lipinski definition) is 3. The van der Waals surface area contributed by atoms with Gasteiger partial charge in [0.2, 0.25) is 0 Å². The molecule has 0 aliphatic carbocycles. The molecule has 0 spiro atoms. The zero-order chi connectivity index (χ0) is 14.9. The summed E-state index contributed by atoms with van der Waals surface area (Å²) < 4.78 is 18.9. The third-order valence-electron chi connectivity index (χ3n) is 5.68. The van der Waals surface area contributed by atoms with Crippen LogP contribution in [0.3, 0.4) is 0 Å². The molecule has 1 aromatic carbocycles. The smallest absolute Gasteiger partial charge is 0.123 e. The van der Waals surface area contributed by atoms with E-state index in [0.29, 0.717) is 0 Å². The molecule has 4 aliphatic rings. The average molecular weight is 304 g/mol. The molecular formula is C18H25FN2O. The number of rotatable bonds is 3. The van der Waals surface area contributed by atoms with Gasteiger partial charge in [0.15, 0.2) is 0 Å². The predicted molar refractivity (Wildman–Crippen MR) is 84.6 cm³/mol. The summed E-state index contributed by atoms with van der Waals surface area (Å²) >= 11 is 0. The molecule has 0 radical (unpaired) electrons. The Morgan fingerprint density at radius 2 is 1.59 bits per heavy atom. The third kappa shape index (κ3) is 2.99. The van der Waals surface area contributed by atoms with Crippen molar-refractivity contribution in [3.63, 3.8) is 0 Å². The highest BCUT2D eigenvalue weighted by Gasteiger charge is 2.38. The third-order valence-corrected chi connectivity index (χ3v) is 5.68. The molecular weight excluding hydrogens is 279 g/mol. The number of nitrogens with zero attached hydrogens (tertiary/aromatic N) is 2. The molecule has 4 fully saturated rings. The fourth-order valence-corrected chi connectivity index (χ4v) is 4.38. The molecule has 2 bridgehead atoms. The maximum atomic E-state index is 12.9. The molecule has 22 heavy (non-hydrogen) atoms. The van der Waals surface area contributed by atoms with Crippen molar-refractivity contribution in [2.24, 2.45) is 5.92 Å². The second-order valence-corrected chi connectivity index (χ2v) is 7.01. The lowest BCUT2D eigenvalue weighted by atomic mass is 9.82. The van der Waals surface area contributed by atoms with Gasteiger partial charge in [0.25, 0.3) is 0 Å². The van der Waals surface area contributed by atoms with E-state index in [9.17, 15) is 4.39 Å². The lowest BCUT2D eigenvalue weighted by Crippen LogP contribution is -2.59. The molecule has 120 valence electrons. The highest BCUT2D eigenvalue weighted by atomic mass is 19.1. The number of likely N-dealkylation sites (tertiary alicyclic amines) is 1. The summed E-state index contributed by atoms with van der Waals surface area (Å²) in [5.74, 6) is 1.51. The highest BCUT2D eigenvalue weighted by molar-refractivity contribution is 5.22. The Hall–Kier alpha value is -1.13. The van der Waals surface area contributed by atoms with Crippen LogP contribution in [-0.2, 0) is 0 Å². The molecule has 0 unspecified atom stereocenters. The van der Waals surface area contributed by atoms with Crippen LogP contribution < -0.4 is 4.74 Å². The van der Waals surface area contributed by atoms with E-state index in [-0.39, 0.29) is 11.9 Å². The first kappa shape index (κ1) is 14.5. The van der Waals surface area contributed by atoms with Crippen molar-refractivity contribution in [3.8, 4) is 5.75 Å². The van der Waals surface area contributed by atoms with Gasteiger partial charge in [0, 0.05) is 25.7 Å². The minimum Gasteiger partial charge on any atom is -0.490 e. The normalized spacial score (nSPS) is 33.0. The van der Waals surface area contributed by atoms with E-state index in [0.717, 1.165) is 43.6 Å². The molecule has 4 heterocycles. The predicted octanol–water partition coefficient (Wildman–Crippen LogP) is 2.76. The van der Waals surface area contributed by atoms with Gasteiger partial charge in [0.05, 0.1) is 0 Å². The zero-order valence-electron chi connectivity index (χ0n) is 13.1. The van der Waals surface area contributed by atoms with Crippen LogP contribution in [0.15, 0.2) is 24.3 Å². The van der Waals surface area contributed by atoms with Crippen molar-refractivity contribution in [1.29, 1.82) is 0 Å². The first-order valence-electron chi connectivity index (χ1n) is 8.66. The summed E-state index contributed by atoms with van der Waals surface area (Å²) in [6.45, 7) is 6.17. The minimum atomic E-state index is -0.204. The summed E-state index contributed by atoms with van der Waals surface area (Å²) in [4.78, 5) is 5.33. The number of ether oxygens (including phenoxy) is 1. The summed E-state index contributed by atoms with van der Waals surface area (Å²) in [5, 5.41) is 0. The SMILES string of the molecule is Fc1ccc(OC2CCN([C@H]3CN4CCC3CC4)CC2)cc1. The fraction of sp³-hybridized carbons (Fsp3) is 0.667. The minimum absolute atomic E-state index is 0.204. The van der Waals surface area contributed by atoms with Crippen molar-refractivity contribution in [1.82, 2.24) is 9.80 Å². The average Bonchev–Trinajstić information content (AvgIpc) is 2.59. The number of benzene rings is 1. The molecule has 4 heteroatoms. The van der Waals surface area contributed by atoms with Crippen LogP contribution in [0.5, 0.6) is 5.75 Å². The molecule has 1 aromatic rings. The Morgan fingerprint density at radius 1 is 0.909 bits per heavy atom. The lowest BCUT2D eigenvalue weighted by molar-refractivity contribution is -0.0178. The van der Waals surface area contributed by atoms with E-state index in [1.165, 1.54) is 44.6 Å². The van der Waals surface area contributed by atoms with Crippen LogP contribution in [0.4, 0.5) is 4.39 Å². The monoisotopic (exact) mass is 304 g/mol. The Labute approximate surface area is 132 Å². The maximum absolute atomic E-state index is 12.9. The van der Waals surface area contributed by atoms with Crippen LogP contribution in [0.1, 0.15) is 25.7 Å². The molecule has 3 nitrogen and oxygen atoms in total. The molecule has 5 rings (SSSR count). The Bertz CT molecular complexity index is 490. The van der Waals surface area contributed by atoms with Crippen molar-refractivity contribution in [3.05, 3.63) is 30.1 Å². The van der Waals surface area contributed by atoms with Gasteiger partial charge in [-0.2, -0.15) is 0 Å². The summed E-state index contributed by atoms with van der Waals surface area (Å²) in [6.07, 6.45) is 5.22. The number of fused-ring (bicyclic) bond motifs is 3. The van der Waals surface area contributed by atoms with Crippen molar-refractivity contribution in [2.45, 2.75) is 37.8 Å². The first-order valence-corrected chi connectivity index (χ1v) is 8.66. The van der Waals surface area contributed by atoms with Crippen LogP contribution >= 0.6 is 0 Å². The molecule has 0 amide bonds.